The van der Waals surface area contributed by atoms with Gasteiger partial charge < -0.3 is 0 Å². The Labute approximate surface area is 110 Å². The van der Waals surface area contributed by atoms with E-state index >= 15 is 0 Å². The first kappa shape index (κ1) is 11.5. The molecule has 0 aliphatic heterocycles. The number of fused-ring (bicyclic) bond motifs is 1. The molecule has 1 N–H and O–H groups in total. The molecular formula is C15H14N3O+. The van der Waals surface area contributed by atoms with Crippen LogP contribution in [0.25, 0.3) is 10.9 Å². The summed E-state index contributed by atoms with van der Waals surface area (Å²) in [5.74, 6) is 0. The molecule has 0 saturated heterocycles. The van der Waals surface area contributed by atoms with Gasteiger partial charge in [0, 0.05) is 0 Å². The van der Waals surface area contributed by atoms with E-state index in [1.807, 2.05) is 66.2 Å². The normalized spacial score (nSPS) is 10.6. The molecule has 0 fully saturated rings. The van der Waals surface area contributed by atoms with E-state index in [-0.39, 0.29) is 5.56 Å². The van der Waals surface area contributed by atoms with Crippen LogP contribution >= 0.6 is 0 Å². The summed E-state index contributed by atoms with van der Waals surface area (Å²) >= 11 is 0. The number of nitrogens with one attached hydrogen (secondary N) is 1. The molecule has 0 amide bonds. The highest BCUT2D eigenvalue weighted by Crippen LogP contribution is 2.06. The van der Waals surface area contributed by atoms with Crippen LogP contribution in [0.1, 0.15) is 0 Å². The minimum atomic E-state index is -0.0578. The van der Waals surface area contributed by atoms with Crippen LogP contribution in [-0.2, 0) is 7.05 Å². The van der Waals surface area contributed by atoms with Gasteiger partial charge in [0.2, 0.25) is 0 Å². The maximum absolute atomic E-state index is 12.4. The Morgan fingerprint density at radius 1 is 1.00 bits per heavy atom. The van der Waals surface area contributed by atoms with Gasteiger partial charge in [-0.1, -0.05) is 35.0 Å². The lowest BCUT2D eigenvalue weighted by atomic mass is 10.2. The molecule has 0 aliphatic rings. The highest BCUT2D eigenvalue weighted by Gasteiger charge is 2.12. The molecule has 0 atom stereocenters. The van der Waals surface area contributed by atoms with Gasteiger partial charge in [-0.25, -0.2) is 14.8 Å². The molecule has 2 aromatic carbocycles. The Balaban J connectivity index is 2.15. The lowest BCUT2D eigenvalue weighted by Crippen LogP contribution is -2.39. The lowest BCUT2D eigenvalue weighted by molar-refractivity contribution is -0.649. The van der Waals surface area contributed by atoms with Crippen LogP contribution in [0.3, 0.4) is 0 Å². The van der Waals surface area contributed by atoms with E-state index in [2.05, 4.69) is 5.43 Å². The average Bonchev–Trinajstić information content (AvgIpc) is 2.46. The number of aryl methyl sites for hydroxylation is 1. The zero-order chi connectivity index (χ0) is 13.2. The third-order valence-corrected chi connectivity index (χ3v) is 3.05. The summed E-state index contributed by atoms with van der Waals surface area (Å²) in [6.45, 7) is 0. The zero-order valence-corrected chi connectivity index (χ0v) is 10.6. The number of aromatic nitrogens is 2. The zero-order valence-electron chi connectivity index (χ0n) is 10.6. The molecule has 1 aromatic heterocycles. The van der Waals surface area contributed by atoms with E-state index in [4.69, 9.17) is 0 Å². The standard InChI is InChI=1S/C15H14N3O/c1-17-11-18(16-12-7-3-2-4-8-12)15(19)13-9-5-6-10-14(13)17/h2-11,16H,1H3/q+1. The van der Waals surface area contributed by atoms with Crippen molar-refractivity contribution in [3.8, 4) is 0 Å². The fourth-order valence-corrected chi connectivity index (χ4v) is 2.11. The molecule has 0 aliphatic carbocycles. The maximum Gasteiger partial charge on any atom is 0.368 e. The molecule has 3 aromatic rings. The number of para-hydroxylation sites is 2. The molecule has 1 heterocycles. The van der Waals surface area contributed by atoms with Gasteiger partial charge in [0.05, 0.1) is 12.7 Å². The number of anilines is 1. The molecule has 0 unspecified atom stereocenters. The van der Waals surface area contributed by atoms with E-state index in [1.54, 1.807) is 6.33 Å². The van der Waals surface area contributed by atoms with Crippen molar-refractivity contribution < 1.29 is 4.57 Å². The highest BCUT2D eigenvalue weighted by molar-refractivity contribution is 5.74. The number of rotatable bonds is 2. The quantitative estimate of drug-likeness (QED) is 0.705. The molecule has 4 nitrogen and oxygen atoms in total. The summed E-state index contributed by atoms with van der Waals surface area (Å²) in [5.41, 5.74) is 4.82. The average molecular weight is 252 g/mol. The van der Waals surface area contributed by atoms with E-state index in [0.717, 1.165) is 11.2 Å². The summed E-state index contributed by atoms with van der Waals surface area (Å²) in [7, 11) is 1.92. The van der Waals surface area contributed by atoms with Crippen LogP contribution in [-0.4, -0.2) is 4.68 Å². The predicted octanol–water partition coefficient (Wildman–Crippen LogP) is 1.70. The second-order valence-electron chi connectivity index (χ2n) is 4.40. The first-order chi connectivity index (χ1) is 9.25. The van der Waals surface area contributed by atoms with Crippen molar-refractivity contribution >= 4 is 16.6 Å². The second-order valence-corrected chi connectivity index (χ2v) is 4.40. The number of hydrogen-bond donors (Lipinski definition) is 1. The monoisotopic (exact) mass is 252 g/mol. The SMILES string of the molecule is C[n+]1cn(Nc2ccccc2)c(=O)c2ccccc21. The summed E-state index contributed by atoms with van der Waals surface area (Å²) in [6.07, 6.45) is 1.75. The van der Waals surface area contributed by atoms with Crippen molar-refractivity contribution in [1.29, 1.82) is 0 Å². The van der Waals surface area contributed by atoms with E-state index in [1.165, 1.54) is 4.68 Å². The van der Waals surface area contributed by atoms with E-state index in [0.29, 0.717) is 5.39 Å². The third-order valence-electron chi connectivity index (χ3n) is 3.05. The Morgan fingerprint density at radius 2 is 1.68 bits per heavy atom. The molecule has 3 rings (SSSR count). The van der Waals surface area contributed by atoms with Crippen LogP contribution in [0.4, 0.5) is 5.69 Å². The van der Waals surface area contributed by atoms with Gasteiger partial charge in [-0.15, -0.1) is 0 Å². The summed E-state index contributed by atoms with van der Waals surface area (Å²) < 4.78 is 3.42. The van der Waals surface area contributed by atoms with Gasteiger partial charge in [-0.2, -0.15) is 0 Å². The molecular weight excluding hydrogens is 238 g/mol. The minimum absolute atomic E-state index is 0.0578. The molecule has 0 spiro atoms. The molecule has 0 bridgehead atoms. The minimum Gasteiger partial charge on any atom is -0.238 e. The first-order valence-electron chi connectivity index (χ1n) is 6.08. The van der Waals surface area contributed by atoms with Gasteiger partial charge in [-0.3, -0.25) is 0 Å². The van der Waals surface area contributed by atoms with E-state index < -0.39 is 0 Å². The largest absolute Gasteiger partial charge is 0.368 e. The fourth-order valence-electron chi connectivity index (χ4n) is 2.11. The van der Waals surface area contributed by atoms with Crippen molar-refractivity contribution in [1.82, 2.24) is 4.68 Å². The van der Waals surface area contributed by atoms with Gasteiger partial charge in [0.15, 0.2) is 0 Å². The molecule has 94 valence electrons. The Morgan fingerprint density at radius 3 is 2.47 bits per heavy atom. The Hall–Kier alpha value is -2.62. The molecule has 0 radical (unpaired) electrons. The number of hydrogen-bond acceptors (Lipinski definition) is 2. The Kier molecular flexibility index (Phi) is 2.76. The van der Waals surface area contributed by atoms with Crippen molar-refractivity contribution in [3.05, 3.63) is 71.3 Å². The molecule has 19 heavy (non-hydrogen) atoms. The third kappa shape index (κ3) is 2.08. The molecule has 4 heteroatoms. The lowest BCUT2D eigenvalue weighted by Gasteiger charge is -2.05. The van der Waals surface area contributed by atoms with Crippen molar-refractivity contribution in [3.63, 3.8) is 0 Å². The number of nitrogens with zero attached hydrogens (tertiary/aromatic N) is 2. The number of benzene rings is 2. The van der Waals surface area contributed by atoms with Crippen molar-refractivity contribution in [2.75, 3.05) is 5.43 Å². The predicted molar refractivity (Wildman–Crippen MR) is 74.8 cm³/mol. The fraction of sp³-hybridized carbons (Fsp3) is 0.0667. The van der Waals surface area contributed by atoms with E-state index in [9.17, 15) is 4.79 Å². The van der Waals surface area contributed by atoms with Gasteiger partial charge in [-0.05, 0) is 24.3 Å². The van der Waals surface area contributed by atoms with Gasteiger partial charge in [0.1, 0.15) is 10.9 Å². The second kappa shape index (κ2) is 4.57. The van der Waals surface area contributed by atoms with Crippen molar-refractivity contribution in [2.24, 2.45) is 7.05 Å². The summed E-state index contributed by atoms with van der Waals surface area (Å²) in [5, 5.41) is 0.691. The Bertz CT molecular complexity index is 778. The smallest absolute Gasteiger partial charge is 0.238 e. The van der Waals surface area contributed by atoms with Crippen LogP contribution in [0, 0.1) is 0 Å². The topological polar surface area (TPSA) is 37.9 Å². The maximum atomic E-state index is 12.4. The van der Waals surface area contributed by atoms with Crippen molar-refractivity contribution in [2.45, 2.75) is 0 Å². The summed E-state index contributed by atoms with van der Waals surface area (Å²) in [4.78, 5) is 12.4. The van der Waals surface area contributed by atoms with Gasteiger partial charge >= 0.3 is 5.56 Å². The highest BCUT2D eigenvalue weighted by atomic mass is 16.1. The van der Waals surface area contributed by atoms with Crippen LogP contribution in [0.5, 0.6) is 0 Å². The first-order valence-corrected chi connectivity index (χ1v) is 6.08. The summed E-state index contributed by atoms with van der Waals surface area (Å²) in [6, 6.07) is 17.2. The van der Waals surface area contributed by atoms with Gasteiger partial charge in [0.25, 0.3) is 6.33 Å². The van der Waals surface area contributed by atoms with Crippen LogP contribution < -0.4 is 15.6 Å². The van der Waals surface area contributed by atoms with Crippen LogP contribution in [0.2, 0.25) is 0 Å². The molecule has 0 saturated carbocycles. The van der Waals surface area contributed by atoms with Crippen LogP contribution in [0.15, 0.2) is 65.7 Å².